The van der Waals surface area contributed by atoms with Crippen LogP contribution < -0.4 is 15.4 Å². The molecule has 5 heteroatoms. The Balaban J connectivity index is 1.59. The molecular formula is C24H36N2O3. The van der Waals surface area contributed by atoms with E-state index in [2.05, 4.69) is 24.5 Å². The summed E-state index contributed by atoms with van der Waals surface area (Å²) in [5, 5.41) is 6.04. The first-order chi connectivity index (χ1) is 14.1. The molecule has 0 aromatic heterocycles. The lowest BCUT2D eigenvalue weighted by atomic mass is 9.69. The van der Waals surface area contributed by atoms with Crippen molar-refractivity contribution in [2.75, 3.05) is 5.32 Å². The minimum Gasteiger partial charge on any atom is -0.410 e. The zero-order valence-electron chi connectivity index (χ0n) is 17.9. The SMILES string of the molecule is CCC1CCCC(CC)C1C(=O)Nc1cccc(OC(=O)NC2CCCCC2)c1. The van der Waals surface area contributed by atoms with Gasteiger partial charge in [0.15, 0.2) is 0 Å². The van der Waals surface area contributed by atoms with Crippen molar-refractivity contribution < 1.29 is 14.3 Å². The van der Waals surface area contributed by atoms with E-state index in [-0.39, 0.29) is 17.9 Å². The molecule has 0 aliphatic heterocycles. The number of benzene rings is 1. The van der Waals surface area contributed by atoms with Crippen LogP contribution in [0.15, 0.2) is 24.3 Å². The first-order valence-electron chi connectivity index (χ1n) is 11.5. The molecule has 29 heavy (non-hydrogen) atoms. The second kappa shape index (κ2) is 10.7. The smallest absolute Gasteiger partial charge is 0.410 e. The van der Waals surface area contributed by atoms with Crippen LogP contribution in [0.2, 0.25) is 0 Å². The van der Waals surface area contributed by atoms with Gasteiger partial charge >= 0.3 is 6.09 Å². The van der Waals surface area contributed by atoms with Gasteiger partial charge in [-0.25, -0.2) is 4.79 Å². The zero-order valence-corrected chi connectivity index (χ0v) is 17.9. The Morgan fingerprint density at radius 2 is 1.66 bits per heavy atom. The van der Waals surface area contributed by atoms with Crippen molar-refractivity contribution in [3.8, 4) is 5.75 Å². The van der Waals surface area contributed by atoms with Crippen LogP contribution in [0.5, 0.6) is 5.75 Å². The molecular weight excluding hydrogens is 364 g/mol. The van der Waals surface area contributed by atoms with Crippen LogP contribution >= 0.6 is 0 Å². The monoisotopic (exact) mass is 400 g/mol. The van der Waals surface area contributed by atoms with E-state index in [0.717, 1.165) is 51.4 Å². The van der Waals surface area contributed by atoms with Crippen molar-refractivity contribution in [3.63, 3.8) is 0 Å². The normalized spacial score (nSPS) is 25.2. The molecule has 1 aromatic carbocycles. The molecule has 2 saturated carbocycles. The number of anilines is 1. The summed E-state index contributed by atoms with van der Waals surface area (Å²) in [6.45, 7) is 4.37. The van der Waals surface area contributed by atoms with E-state index < -0.39 is 6.09 Å². The number of ether oxygens (including phenoxy) is 1. The fourth-order valence-corrected chi connectivity index (χ4v) is 5.14. The molecule has 2 amide bonds. The van der Waals surface area contributed by atoms with Crippen LogP contribution in [0, 0.1) is 17.8 Å². The highest BCUT2D eigenvalue weighted by Gasteiger charge is 2.36. The van der Waals surface area contributed by atoms with Gasteiger partial charge in [0.25, 0.3) is 0 Å². The van der Waals surface area contributed by atoms with Crippen LogP contribution in [0.1, 0.15) is 78.1 Å². The first-order valence-corrected chi connectivity index (χ1v) is 11.5. The van der Waals surface area contributed by atoms with Crippen molar-refractivity contribution in [1.29, 1.82) is 0 Å². The Labute approximate surface area is 175 Å². The molecule has 0 saturated heterocycles. The van der Waals surface area contributed by atoms with E-state index in [1.54, 1.807) is 12.1 Å². The van der Waals surface area contributed by atoms with Gasteiger partial charge in [0, 0.05) is 23.7 Å². The molecule has 3 rings (SSSR count). The van der Waals surface area contributed by atoms with E-state index in [1.807, 2.05) is 12.1 Å². The maximum atomic E-state index is 13.1. The summed E-state index contributed by atoms with van der Waals surface area (Å²) in [5.74, 6) is 1.53. The maximum absolute atomic E-state index is 13.1. The summed E-state index contributed by atoms with van der Waals surface area (Å²) in [7, 11) is 0. The van der Waals surface area contributed by atoms with Gasteiger partial charge in [-0.15, -0.1) is 0 Å². The summed E-state index contributed by atoms with van der Waals surface area (Å²) in [6.07, 6.45) is 10.8. The minimum atomic E-state index is -0.412. The summed E-state index contributed by atoms with van der Waals surface area (Å²) < 4.78 is 5.47. The van der Waals surface area contributed by atoms with Crippen LogP contribution in [0.4, 0.5) is 10.5 Å². The van der Waals surface area contributed by atoms with Crippen LogP contribution in [0.3, 0.4) is 0 Å². The lowest BCUT2D eigenvalue weighted by molar-refractivity contribution is -0.124. The number of amides is 2. The Bertz CT molecular complexity index is 672. The Kier molecular flexibility index (Phi) is 7.96. The zero-order chi connectivity index (χ0) is 20.6. The number of hydrogen-bond donors (Lipinski definition) is 2. The van der Waals surface area contributed by atoms with Crippen molar-refractivity contribution in [3.05, 3.63) is 24.3 Å². The van der Waals surface area contributed by atoms with E-state index in [0.29, 0.717) is 23.3 Å². The highest BCUT2D eigenvalue weighted by molar-refractivity contribution is 5.93. The average Bonchev–Trinajstić information content (AvgIpc) is 2.73. The Hall–Kier alpha value is -2.04. The summed E-state index contributed by atoms with van der Waals surface area (Å²) >= 11 is 0. The molecule has 2 atom stereocenters. The topological polar surface area (TPSA) is 67.4 Å². The molecule has 0 radical (unpaired) electrons. The summed E-state index contributed by atoms with van der Waals surface area (Å²) in [6, 6.07) is 7.37. The molecule has 2 aliphatic carbocycles. The predicted octanol–water partition coefficient (Wildman–Crippen LogP) is 5.90. The minimum absolute atomic E-state index is 0.0675. The lowest BCUT2D eigenvalue weighted by Gasteiger charge is -2.36. The molecule has 1 aromatic rings. The molecule has 2 fully saturated rings. The molecule has 5 nitrogen and oxygen atoms in total. The number of nitrogens with one attached hydrogen (secondary N) is 2. The predicted molar refractivity (Wildman–Crippen MR) is 116 cm³/mol. The third-order valence-corrected chi connectivity index (χ3v) is 6.76. The van der Waals surface area contributed by atoms with E-state index in [4.69, 9.17) is 4.74 Å². The third-order valence-electron chi connectivity index (χ3n) is 6.76. The van der Waals surface area contributed by atoms with Gasteiger partial charge < -0.3 is 15.4 Å². The highest BCUT2D eigenvalue weighted by Crippen LogP contribution is 2.39. The molecule has 0 spiro atoms. The molecule has 2 unspecified atom stereocenters. The van der Waals surface area contributed by atoms with Crippen molar-refractivity contribution in [1.82, 2.24) is 5.32 Å². The van der Waals surface area contributed by atoms with E-state index >= 15 is 0 Å². The van der Waals surface area contributed by atoms with Gasteiger partial charge in [0.2, 0.25) is 5.91 Å². The lowest BCUT2D eigenvalue weighted by Crippen LogP contribution is -2.38. The molecule has 2 N–H and O–H groups in total. The van der Waals surface area contributed by atoms with Crippen molar-refractivity contribution >= 4 is 17.7 Å². The molecule has 160 valence electrons. The summed E-state index contributed by atoms with van der Waals surface area (Å²) in [4.78, 5) is 25.3. The third kappa shape index (κ3) is 5.97. The van der Waals surface area contributed by atoms with Gasteiger partial charge in [0.1, 0.15) is 5.75 Å². The van der Waals surface area contributed by atoms with Crippen LogP contribution in [-0.4, -0.2) is 18.0 Å². The fraction of sp³-hybridized carbons (Fsp3) is 0.667. The fourth-order valence-electron chi connectivity index (χ4n) is 5.14. The highest BCUT2D eigenvalue weighted by atomic mass is 16.6. The van der Waals surface area contributed by atoms with Gasteiger partial charge in [0.05, 0.1) is 0 Å². The van der Waals surface area contributed by atoms with Crippen molar-refractivity contribution in [2.24, 2.45) is 17.8 Å². The van der Waals surface area contributed by atoms with Crippen LogP contribution in [-0.2, 0) is 4.79 Å². The Morgan fingerprint density at radius 1 is 0.966 bits per heavy atom. The Morgan fingerprint density at radius 3 is 2.31 bits per heavy atom. The van der Waals surface area contributed by atoms with E-state index in [1.165, 1.54) is 12.8 Å². The number of carbonyl (C=O) groups excluding carboxylic acids is 2. The van der Waals surface area contributed by atoms with Gasteiger partial charge in [-0.3, -0.25) is 4.79 Å². The average molecular weight is 401 g/mol. The molecule has 0 bridgehead atoms. The number of hydrogen-bond acceptors (Lipinski definition) is 3. The van der Waals surface area contributed by atoms with Gasteiger partial charge in [-0.05, 0) is 49.7 Å². The molecule has 0 heterocycles. The van der Waals surface area contributed by atoms with Crippen LogP contribution in [0.25, 0.3) is 0 Å². The van der Waals surface area contributed by atoms with E-state index in [9.17, 15) is 9.59 Å². The van der Waals surface area contributed by atoms with Crippen molar-refractivity contribution in [2.45, 2.75) is 84.1 Å². The number of rotatable bonds is 6. The van der Waals surface area contributed by atoms with Gasteiger partial charge in [-0.2, -0.15) is 0 Å². The maximum Gasteiger partial charge on any atom is 0.412 e. The second-order valence-corrected chi connectivity index (χ2v) is 8.68. The van der Waals surface area contributed by atoms with Gasteiger partial charge in [-0.1, -0.05) is 58.4 Å². The number of carbonyl (C=O) groups is 2. The first kappa shape index (κ1) is 21.7. The largest absolute Gasteiger partial charge is 0.412 e. The second-order valence-electron chi connectivity index (χ2n) is 8.68. The standard InChI is InChI=1S/C24H36N2O3/c1-3-17-10-8-11-18(4-2)22(17)23(27)25-20-14-9-15-21(16-20)29-24(28)26-19-12-6-5-7-13-19/h9,14-19,22H,3-8,10-13H2,1-2H3,(H,25,27)(H,26,28). The quantitative estimate of drug-likeness (QED) is 0.625. The summed E-state index contributed by atoms with van der Waals surface area (Å²) in [5.41, 5.74) is 0.688. The molecule has 2 aliphatic rings.